The molecule has 1 atom stereocenters. The van der Waals surface area contributed by atoms with E-state index in [1.807, 2.05) is 11.8 Å². The lowest BCUT2D eigenvalue weighted by Gasteiger charge is -2.30. The van der Waals surface area contributed by atoms with Crippen LogP contribution in [0.25, 0.3) is 11.2 Å². The average Bonchev–Trinajstić information content (AvgIpc) is 3.32. The minimum atomic E-state index is -0.546. The number of fused-ring (bicyclic) bond motifs is 2. The van der Waals surface area contributed by atoms with Crippen molar-refractivity contribution >= 4 is 34.3 Å². The highest BCUT2D eigenvalue weighted by Crippen LogP contribution is 2.24. The lowest BCUT2D eigenvalue weighted by molar-refractivity contribution is -0.134. The molecule has 9 heteroatoms. The number of nitrogens with zero attached hydrogens (tertiary/aromatic N) is 5. The van der Waals surface area contributed by atoms with Gasteiger partial charge in [0.15, 0.2) is 5.65 Å². The topological polar surface area (TPSA) is 93.0 Å². The van der Waals surface area contributed by atoms with Gasteiger partial charge in [-0.15, -0.1) is 16.4 Å². The van der Waals surface area contributed by atoms with Gasteiger partial charge in [-0.25, -0.2) is 9.67 Å². The Balaban J connectivity index is 1.49. The first-order valence-electron chi connectivity index (χ1n) is 9.37. The summed E-state index contributed by atoms with van der Waals surface area (Å²) >= 11 is 1.74. The van der Waals surface area contributed by atoms with Crippen molar-refractivity contribution in [3.63, 3.8) is 0 Å². The maximum absolute atomic E-state index is 13.1. The highest BCUT2D eigenvalue weighted by Gasteiger charge is 2.28. The van der Waals surface area contributed by atoms with Crippen LogP contribution in [-0.2, 0) is 24.8 Å². The summed E-state index contributed by atoms with van der Waals surface area (Å²) in [5, 5.41) is 12.9. The van der Waals surface area contributed by atoms with Crippen molar-refractivity contribution in [2.24, 2.45) is 7.05 Å². The van der Waals surface area contributed by atoms with Gasteiger partial charge in [-0.3, -0.25) is 9.59 Å². The van der Waals surface area contributed by atoms with Crippen molar-refractivity contribution in [3.05, 3.63) is 39.7 Å². The number of hydrogen-bond donors (Lipinski definition) is 1. The molecule has 3 aromatic heterocycles. The Hall–Kier alpha value is -2.81. The van der Waals surface area contributed by atoms with Crippen LogP contribution < -0.4 is 5.32 Å². The van der Waals surface area contributed by atoms with Crippen LogP contribution in [-0.4, -0.2) is 49.3 Å². The number of nitrogens with one attached hydrogen (secondary N) is 1. The molecular weight excluding hydrogens is 376 g/mol. The van der Waals surface area contributed by atoms with E-state index in [2.05, 4.69) is 32.1 Å². The van der Waals surface area contributed by atoms with Crippen LogP contribution >= 0.6 is 11.3 Å². The molecule has 1 aliphatic rings. The molecule has 0 saturated carbocycles. The summed E-state index contributed by atoms with van der Waals surface area (Å²) in [5.41, 5.74) is 2.75. The monoisotopic (exact) mass is 398 g/mol. The van der Waals surface area contributed by atoms with Gasteiger partial charge < -0.3 is 10.2 Å². The van der Waals surface area contributed by atoms with Gasteiger partial charge in [-0.2, -0.15) is 0 Å². The minimum absolute atomic E-state index is 0.0272. The van der Waals surface area contributed by atoms with Crippen molar-refractivity contribution in [3.8, 4) is 0 Å². The molecule has 0 saturated heterocycles. The third-order valence-electron chi connectivity index (χ3n) is 5.00. The predicted octanol–water partition coefficient (Wildman–Crippen LogP) is 1.91. The number of aryl methyl sites for hydroxylation is 1. The zero-order chi connectivity index (χ0) is 19.7. The standard InChI is InChI=1S/C19H22N6O2S/c1-3-4-14(19(27)25-7-5-16-12(11-25)6-8-28-16)21-18(26)13-9-15-17(20-10-13)24(2)23-22-15/h6,8-10,14H,3-5,7,11H2,1-2H3,(H,21,26). The number of amides is 2. The summed E-state index contributed by atoms with van der Waals surface area (Å²) in [5.74, 6) is -0.347. The van der Waals surface area contributed by atoms with E-state index in [1.165, 1.54) is 16.6 Å². The molecule has 4 rings (SSSR count). The molecule has 8 nitrogen and oxygen atoms in total. The fraction of sp³-hybridized carbons (Fsp3) is 0.421. The molecule has 0 aliphatic carbocycles. The highest BCUT2D eigenvalue weighted by atomic mass is 32.1. The van der Waals surface area contributed by atoms with Crippen molar-refractivity contribution in [1.82, 2.24) is 30.2 Å². The molecule has 1 N–H and O–H groups in total. The molecule has 0 fully saturated rings. The van der Waals surface area contributed by atoms with Crippen molar-refractivity contribution < 1.29 is 9.59 Å². The third kappa shape index (κ3) is 3.49. The first-order valence-corrected chi connectivity index (χ1v) is 10.2. The van der Waals surface area contributed by atoms with Gasteiger partial charge in [-0.05, 0) is 35.9 Å². The summed E-state index contributed by atoms with van der Waals surface area (Å²) in [4.78, 5) is 33.3. The van der Waals surface area contributed by atoms with Gasteiger partial charge in [0.1, 0.15) is 11.6 Å². The van der Waals surface area contributed by atoms with Gasteiger partial charge in [0.2, 0.25) is 5.91 Å². The van der Waals surface area contributed by atoms with Crippen LogP contribution in [0.15, 0.2) is 23.7 Å². The summed E-state index contributed by atoms with van der Waals surface area (Å²) in [7, 11) is 1.75. The van der Waals surface area contributed by atoms with Crippen molar-refractivity contribution in [1.29, 1.82) is 0 Å². The molecule has 146 valence electrons. The van der Waals surface area contributed by atoms with Gasteiger partial charge in [0.25, 0.3) is 5.91 Å². The second kappa shape index (κ2) is 7.67. The number of pyridine rings is 1. The SMILES string of the molecule is CCCC(NC(=O)c1cnc2c(c1)nnn2C)C(=O)N1CCc2sccc2C1. The van der Waals surface area contributed by atoms with E-state index in [4.69, 9.17) is 0 Å². The number of rotatable bonds is 5. The van der Waals surface area contributed by atoms with E-state index in [1.54, 1.807) is 29.1 Å². The lowest BCUT2D eigenvalue weighted by atomic mass is 10.1. The number of hydrogen-bond acceptors (Lipinski definition) is 6. The van der Waals surface area contributed by atoms with Crippen LogP contribution in [0.2, 0.25) is 0 Å². The van der Waals surface area contributed by atoms with Crippen LogP contribution in [0.5, 0.6) is 0 Å². The highest BCUT2D eigenvalue weighted by molar-refractivity contribution is 7.10. The second-order valence-electron chi connectivity index (χ2n) is 6.97. The quantitative estimate of drug-likeness (QED) is 0.709. The number of thiophene rings is 1. The van der Waals surface area contributed by atoms with Gasteiger partial charge in [0.05, 0.1) is 5.56 Å². The molecule has 4 heterocycles. The van der Waals surface area contributed by atoms with E-state index < -0.39 is 6.04 Å². The molecule has 28 heavy (non-hydrogen) atoms. The van der Waals surface area contributed by atoms with Gasteiger partial charge >= 0.3 is 0 Å². The van der Waals surface area contributed by atoms with E-state index in [9.17, 15) is 9.59 Å². The van der Waals surface area contributed by atoms with Crippen LogP contribution in [0.3, 0.4) is 0 Å². The molecule has 0 aromatic carbocycles. The number of carbonyl (C=O) groups is 2. The fourth-order valence-electron chi connectivity index (χ4n) is 3.50. The first kappa shape index (κ1) is 18.5. The summed E-state index contributed by atoms with van der Waals surface area (Å²) < 4.78 is 1.55. The smallest absolute Gasteiger partial charge is 0.253 e. The zero-order valence-electron chi connectivity index (χ0n) is 15.9. The molecule has 1 unspecified atom stereocenters. The number of aromatic nitrogens is 4. The first-order chi connectivity index (χ1) is 13.6. The molecule has 0 radical (unpaired) electrons. The Kier molecular flexibility index (Phi) is 5.08. The van der Waals surface area contributed by atoms with Crippen LogP contribution in [0, 0.1) is 0 Å². The molecule has 0 spiro atoms. The van der Waals surface area contributed by atoms with Crippen molar-refractivity contribution in [2.75, 3.05) is 6.54 Å². The van der Waals surface area contributed by atoms with Gasteiger partial charge in [0, 0.05) is 31.2 Å². The second-order valence-corrected chi connectivity index (χ2v) is 7.97. The summed E-state index contributed by atoms with van der Waals surface area (Å²) in [6.07, 6.45) is 3.76. The molecule has 0 bridgehead atoms. The average molecular weight is 398 g/mol. The number of carbonyl (C=O) groups excluding carboxylic acids is 2. The molecule has 2 amide bonds. The fourth-order valence-corrected chi connectivity index (χ4v) is 4.38. The largest absolute Gasteiger partial charge is 0.340 e. The minimum Gasteiger partial charge on any atom is -0.340 e. The van der Waals surface area contributed by atoms with E-state index >= 15 is 0 Å². The Morgan fingerprint density at radius 2 is 2.25 bits per heavy atom. The molecule has 3 aromatic rings. The maximum atomic E-state index is 13.1. The Labute approximate surface area is 166 Å². The van der Waals surface area contributed by atoms with E-state index in [0.717, 1.165) is 12.8 Å². The van der Waals surface area contributed by atoms with Gasteiger partial charge in [-0.1, -0.05) is 18.6 Å². The summed E-state index contributed by atoms with van der Waals surface area (Å²) in [6, 6.07) is 3.18. The Morgan fingerprint density at radius 3 is 3.07 bits per heavy atom. The van der Waals surface area contributed by atoms with Crippen LogP contribution in [0.4, 0.5) is 0 Å². The molecular formula is C19H22N6O2S. The summed E-state index contributed by atoms with van der Waals surface area (Å²) in [6.45, 7) is 3.31. The van der Waals surface area contributed by atoms with E-state index in [0.29, 0.717) is 36.2 Å². The Bertz CT molecular complexity index is 1030. The molecule has 1 aliphatic heterocycles. The maximum Gasteiger partial charge on any atom is 0.253 e. The zero-order valence-corrected chi connectivity index (χ0v) is 16.7. The predicted molar refractivity (Wildman–Crippen MR) is 106 cm³/mol. The van der Waals surface area contributed by atoms with Crippen molar-refractivity contribution in [2.45, 2.75) is 38.8 Å². The lowest BCUT2D eigenvalue weighted by Crippen LogP contribution is -2.49. The van der Waals surface area contributed by atoms with E-state index in [-0.39, 0.29) is 11.8 Å². The Morgan fingerprint density at radius 1 is 1.39 bits per heavy atom. The third-order valence-corrected chi connectivity index (χ3v) is 6.03. The normalized spacial score (nSPS) is 14.7. The van der Waals surface area contributed by atoms with Crippen LogP contribution in [0.1, 0.15) is 40.6 Å².